The van der Waals surface area contributed by atoms with Gasteiger partial charge in [-0.05, 0) is 21.7 Å². The highest BCUT2D eigenvalue weighted by molar-refractivity contribution is 5.49. The molecule has 14 heavy (non-hydrogen) atoms. The molecular weight excluding hydrogens is 176 g/mol. The average Bonchev–Trinajstić information content (AvgIpc) is 2.58. The molecule has 4 nitrogen and oxygen atoms in total. The highest BCUT2D eigenvalue weighted by atomic mass is 15.6. The minimum atomic E-state index is 0.950. The van der Waals surface area contributed by atoms with Crippen molar-refractivity contribution >= 4 is 12.3 Å². The topological polar surface area (TPSA) is 42.7 Å². The second-order valence-corrected chi connectivity index (χ2v) is 3.12. The summed E-state index contributed by atoms with van der Waals surface area (Å²) in [7, 11) is 0. The summed E-state index contributed by atoms with van der Waals surface area (Å²) in [4.78, 5) is 1.64. The minimum Gasteiger partial charge on any atom is -0.283 e. The van der Waals surface area contributed by atoms with Gasteiger partial charge in [0.05, 0.1) is 6.20 Å². The summed E-state index contributed by atoms with van der Waals surface area (Å²) in [6.07, 6.45) is 5.69. The molecule has 0 saturated heterocycles. The van der Waals surface area contributed by atoms with E-state index in [1.54, 1.807) is 11.0 Å². The molecule has 0 aliphatic carbocycles. The molecule has 0 fully saturated rings. The fourth-order valence-electron chi connectivity index (χ4n) is 1.51. The van der Waals surface area contributed by atoms with Crippen LogP contribution in [0.15, 0.2) is 30.5 Å². The monoisotopic (exact) mass is 184 g/mol. The fourth-order valence-corrected chi connectivity index (χ4v) is 1.51. The first-order valence-electron chi connectivity index (χ1n) is 4.38. The Kier molecular flexibility index (Phi) is 1.41. The van der Waals surface area contributed by atoms with Gasteiger partial charge in [-0.2, -0.15) is 4.79 Å². The van der Waals surface area contributed by atoms with Crippen LogP contribution in [0.5, 0.6) is 0 Å². The maximum absolute atomic E-state index is 3.89. The van der Waals surface area contributed by atoms with E-state index in [-0.39, 0.29) is 0 Å². The van der Waals surface area contributed by atoms with E-state index in [2.05, 4.69) is 27.9 Å². The number of rotatable bonds is 0. The van der Waals surface area contributed by atoms with Crippen LogP contribution >= 0.6 is 0 Å². The summed E-state index contributed by atoms with van der Waals surface area (Å²) in [5.41, 5.74) is 4.00. The zero-order valence-electron chi connectivity index (χ0n) is 7.38. The van der Waals surface area contributed by atoms with Crippen LogP contribution in [0.3, 0.4) is 0 Å². The molecule has 1 aliphatic heterocycles. The Morgan fingerprint density at radius 1 is 1.14 bits per heavy atom. The first kappa shape index (κ1) is 7.32. The highest BCUT2D eigenvalue weighted by Crippen LogP contribution is 1.95. The van der Waals surface area contributed by atoms with Crippen LogP contribution in [-0.4, -0.2) is 15.1 Å². The lowest BCUT2D eigenvalue weighted by Crippen LogP contribution is -2.24. The average molecular weight is 184 g/mol. The van der Waals surface area contributed by atoms with Crippen LogP contribution < -0.4 is 15.9 Å². The van der Waals surface area contributed by atoms with Gasteiger partial charge in [-0.25, -0.2) is 0 Å². The van der Waals surface area contributed by atoms with Crippen molar-refractivity contribution in [3.05, 3.63) is 46.6 Å². The smallest absolute Gasteiger partial charge is 0.106 e. The van der Waals surface area contributed by atoms with Crippen LogP contribution in [0.4, 0.5) is 0 Å². The van der Waals surface area contributed by atoms with Crippen LogP contribution in [-0.2, 0) is 0 Å². The zero-order valence-corrected chi connectivity index (χ0v) is 7.38. The lowest BCUT2D eigenvalue weighted by Gasteiger charge is -1.97. The molecule has 0 bridgehead atoms. The van der Waals surface area contributed by atoms with E-state index >= 15 is 0 Å². The van der Waals surface area contributed by atoms with E-state index in [0.717, 1.165) is 10.9 Å². The van der Waals surface area contributed by atoms with Crippen LogP contribution in [0, 0.1) is 0 Å². The summed E-state index contributed by atoms with van der Waals surface area (Å²) >= 11 is 0. The van der Waals surface area contributed by atoms with Gasteiger partial charge in [0.25, 0.3) is 0 Å². The third-order valence-electron chi connectivity index (χ3n) is 2.22. The van der Waals surface area contributed by atoms with Crippen LogP contribution in [0.1, 0.15) is 5.69 Å². The Bertz CT molecular complexity index is 582. The molecule has 1 aliphatic rings. The summed E-state index contributed by atoms with van der Waals surface area (Å²) in [5.74, 6) is 0. The van der Waals surface area contributed by atoms with Crippen molar-refractivity contribution in [2.24, 2.45) is 0 Å². The number of hydrogen-bond acceptors (Lipinski definition) is 3. The van der Waals surface area contributed by atoms with E-state index in [4.69, 9.17) is 0 Å². The number of hydrogen-bond donors (Lipinski definition) is 1. The van der Waals surface area contributed by atoms with Crippen molar-refractivity contribution < 1.29 is 0 Å². The van der Waals surface area contributed by atoms with Gasteiger partial charge >= 0.3 is 0 Å². The van der Waals surface area contributed by atoms with Gasteiger partial charge in [0.15, 0.2) is 0 Å². The molecule has 0 amide bonds. The second-order valence-electron chi connectivity index (χ2n) is 3.12. The van der Waals surface area contributed by atoms with Crippen molar-refractivity contribution in [3.8, 4) is 0 Å². The Labute approximate surface area is 80.1 Å². The van der Waals surface area contributed by atoms with Crippen LogP contribution in [0.2, 0.25) is 0 Å². The van der Waals surface area contributed by atoms with Crippen molar-refractivity contribution in [2.45, 2.75) is 0 Å². The predicted octanol–water partition coefficient (Wildman–Crippen LogP) is -0.598. The van der Waals surface area contributed by atoms with Gasteiger partial charge in [-0.15, -0.1) is 5.10 Å². The summed E-state index contributed by atoms with van der Waals surface area (Å²) < 4.78 is 0. The number of nitrogens with one attached hydrogen (secondary N) is 1. The molecule has 0 atom stereocenters. The van der Waals surface area contributed by atoms with Crippen molar-refractivity contribution in [3.63, 3.8) is 0 Å². The Hall–Kier alpha value is -2.10. The minimum absolute atomic E-state index is 0.950. The Balaban J connectivity index is 2.38. The largest absolute Gasteiger partial charge is 0.283 e. The van der Waals surface area contributed by atoms with E-state index in [1.807, 2.05) is 24.4 Å². The maximum atomic E-state index is 3.89. The summed E-state index contributed by atoms with van der Waals surface area (Å²) in [6, 6.07) is 8.15. The van der Waals surface area contributed by atoms with Gasteiger partial charge < -0.3 is 0 Å². The molecule has 1 aromatic carbocycles. The van der Waals surface area contributed by atoms with Gasteiger partial charge in [0.1, 0.15) is 5.69 Å². The summed E-state index contributed by atoms with van der Waals surface area (Å²) in [5, 5.41) is 10.0. The zero-order chi connectivity index (χ0) is 9.38. The molecule has 1 N–H and O–H groups in total. The third kappa shape index (κ3) is 1.01. The second kappa shape index (κ2) is 2.70. The van der Waals surface area contributed by atoms with Gasteiger partial charge in [-0.3, -0.25) is 5.43 Å². The molecule has 0 radical (unpaired) electrons. The molecule has 0 unspecified atom stereocenters. The Morgan fingerprint density at radius 2 is 2.00 bits per heavy atom. The molecular formula is C10H8N4. The van der Waals surface area contributed by atoms with Crippen molar-refractivity contribution in [2.75, 3.05) is 5.43 Å². The molecule has 2 heterocycles. The summed E-state index contributed by atoms with van der Waals surface area (Å²) in [6.45, 7) is 0. The molecule has 0 saturated carbocycles. The van der Waals surface area contributed by atoms with E-state index in [1.165, 1.54) is 5.22 Å². The SMILES string of the molecule is C1=c2ccccc2=Cc2cnnn2N1. The van der Waals surface area contributed by atoms with Gasteiger partial charge in [-0.1, -0.05) is 24.3 Å². The maximum Gasteiger partial charge on any atom is 0.106 e. The lowest BCUT2D eigenvalue weighted by molar-refractivity contribution is 0.747. The molecule has 1 aromatic heterocycles. The quantitative estimate of drug-likeness (QED) is 0.594. The molecule has 2 aromatic rings. The normalized spacial score (nSPS) is 12.6. The standard InChI is InChI=1S/C10H8N4/c1-2-4-9-6-12-14-10(7-11-13-14)5-8(9)3-1/h1-7,12H. The number of nitrogens with zero attached hydrogens (tertiary/aromatic N) is 3. The molecule has 4 heteroatoms. The Morgan fingerprint density at radius 3 is 2.93 bits per heavy atom. The molecule has 0 spiro atoms. The van der Waals surface area contributed by atoms with Crippen molar-refractivity contribution in [1.82, 2.24) is 15.1 Å². The van der Waals surface area contributed by atoms with Crippen LogP contribution in [0.25, 0.3) is 12.3 Å². The number of fused-ring (bicyclic) bond motifs is 2. The predicted molar refractivity (Wildman–Crippen MR) is 53.1 cm³/mol. The molecule has 3 rings (SSSR count). The van der Waals surface area contributed by atoms with E-state index in [0.29, 0.717) is 0 Å². The first-order chi connectivity index (χ1) is 6.93. The highest BCUT2D eigenvalue weighted by Gasteiger charge is 2.00. The van der Waals surface area contributed by atoms with Gasteiger partial charge in [0.2, 0.25) is 0 Å². The van der Waals surface area contributed by atoms with Gasteiger partial charge in [0, 0.05) is 6.20 Å². The van der Waals surface area contributed by atoms with Crippen molar-refractivity contribution in [1.29, 1.82) is 0 Å². The van der Waals surface area contributed by atoms with E-state index < -0.39 is 0 Å². The number of benzene rings is 1. The molecule has 68 valence electrons. The third-order valence-corrected chi connectivity index (χ3v) is 2.22. The van der Waals surface area contributed by atoms with E-state index in [9.17, 15) is 0 Å². The fraction of sp³-hybridized carbons (Fsp3) is 0. The number of aromatic nitrogens is 3. The first-order valence-corrected chi connectivity index (χ1v) is 4.38. The lowest BCUT2D eigenvalue weighted by atomic mass is 10.2.